The fourth-order valence-corrected chi connectivity index (χ4v) is 1.72. The zero-order valence-corrected chi connectivity index (χ0v) is 11.8. The highest BCUT2D eigenvalue weighted by Crippen LogP contribution is 2.08. The molecule has 21 heavy (non-hydrogen) atoms. The summed E-state index contributed by atoms with van der Waals surface area (Å²) >= 11 is 0. The summed E-state index contributed by atoms with van der Waals surface area (Å²) < 4.78 is 4.59. The molecule has 0 spiro atoms. The number of hydrogen-bond acceptors (Lipinski definition) is 4. The Hall–Kier alpha value is -2.63. The van der Waals surface area contributed by atoms with E-state index in [2.05, 4.69) is 16.6 Å². The number of amides is 2. The van der Waals surface area contributed by atoms with Gasteiger partial charge >= 0.3 is 5.97 Å². The first kappa shape index (κ1) is 16.4. The molecule has 3 N–H and O–H groups in total. The smallest absolute Gasteiger partial charge is 0.337 e. The van der Waals surface area contributed by atoms with Crippen molar-refractivity contribution in [1.82, 2.24) is 5.32 Å². The molecular formula is C15H18N2O4. The molecule has 0 saturated carbocycles. The highest BCUT2D eigenvalue weighted by atomic mass is 16.5. The van der Waals surface area contributed by atoms with Gasteiger partial charge in [0.15, 0.2) is 0 Å². The Balaban J connectivity index is 2.84. The second kappa shape index (κ2) is 7.84. The van der Waals surface area contributed by atoms with Gasteiger partial charge in [-0.1, -0.05) is 12.1 Å². The first-order valence-electron chi connectivity index (χ1n) is 6.39. The maximum Gasteiger partial charge on any atom is 0.337 e. The van der Waals surface area contributed by atoms with Crippen LogP contribution in [0.15, 0.2) is 36.9 Å². The number of primary amides is 1. The van der Waals surface area contributed by atoms with Crippen LogP contribution in [0.3, 0.4) is 0 Å². The summed E-state index contributed by atoms with van der Waals surface area (Å²) in [4.78, 5) is 34.8. The van der Waals surface area contributed by atoms with Crippen LogP contribution in [-0.2, 0) is 9.53 Å². The molecule has 0 unspecified atom stereocenters. The summed E-state index contributed by atoms with van der Waals surface area (Å²) in [5.74, 6) is -1.63. The van der Waals surface area contributed by atoms with E-state index >= 15 is 0 Å². The third kappa shape index (κ3) is 4.76. The Bertz CT molecular complexity index is 554. The summed E-state index contributed by atoms with van der Waals surface area (Å²) in [6.45, 7) is 3.55. The summed E-state index contributed by atoms with van der Waals surface area (Å²) in [6.07, 6.45) is 2.57. The fraction of sp³-hybridized carbons (Fsp3) is 0.267. The van der Waals surface area contributed by atoms with Gasteiger partial charge in [-0.15, -0.1) is 6.58 Å². The Morgan fingerprint density at radius 2 is 2.05 bits per heavy atom. The Morgan fingerprint density at radius 3 is 2.62 bits per heavy atom. The number of rotatable bonds is 7. The van der Waals surface area contributed by atoms with Crippen LogP contribution in [0.2, 0.25) is 0 Å². The van der Waals surface area contributed by atoms with Gasteiger partial charge in [0.25, 0.3) is 5.91 Å². The van der Waals surface area contributed by atoms with E-state index in [0.717, 1.165) is 0 Å². The van der Waals surface area contributed by atoms with Crippen molar-refractivity contribution in [2.45, 2.75) is 18.9 Å². The maximum absolute atomic E-state index is 12.1. The van der Waals surface area contributed by atoms with Crippen LogP contribution < -0.4 is 11.1 Å². The van der Waals surface area contributed by atoms with E-state index in [-0.39, 0.29) is 11.1 Å². The van der Waals surface area contributed by atoms with Crippen molar-refractivity contribution < 1.29 is 19.1 Å². The van der Waals surface area contributed by atoms with E-state index in [1.807, 2.05) is 0 Å². The van der Waals surface area contributed by atoms with Crippen LogP contribution in [0.25, 0.3) is 0 Å². The molecule has 0 aliphatic carbocycles. The maximum atomic E-state index is 12.1. The number of nitrogens with two attached hydrogens (primary N) is 1. The summed E-state index contributed by atoms with van der Waals surface area (Å²) in [5, 5.41) is 2.54. The molecule has 1 rings (SSSR count). The zero-order chi connectivity index (χ0) is 15.8. The number of benzene rings is 1. The number of carbonyl (C=O) groups is 3. The average Bonchev–Trinajstić information content (AvgIpc) is 2.50. The predicted octanol–water partition coefficient (Wildman–Crippen LogP) is 1.02. The molecule has 1 atom stereocenters. The Labute approximate surface area is 123 Å². The molecule has 1 aromatic rings. The third-order valence-electron chi connectivity index (χ3n) is 2.85. The van der Waals surface area contributed by atoms with Gasteiger partial charge in [0.05, 0.1) is 12.7 Å². The molecule has 112 valence electrons. The van der Waals surface area contributed by atoms with E-state index in [9.17, 15) is 14.4 Å². The number of nitrogens with one attached hydrogen (secondary N) is 1. The molecule has 0 aromatic heterocycles. The lowest BCUT2D eigenvalue weighted by atomic mass is 10.1. The molecule has 1 aromatic carbocycles. The predicted molar refractivity (Wildman–Crippen MR) is 77.7 cm³/mol. The summed E-state index contributed by atoms with van der Waals surface area (Å²) in [7, 11) is 1.26. The van der Waals surface area contributed by atoms with Crippen LogP contribution in [0.4, 0.5) is 0 Å². The van der Waals surface area contributed by atoms with Gasteiger partial charge in [0.1, 0.15) is 6.04 Å². The first-order chi connectivity index (χ1) is 9.99. The van der Waals surface area contributed by atoms with Gasteiger partial charge in [0.2, 0.25) is 5.91 Å². The van der Waals surface area contributed by atoms with Gasteiger partial charge in [-0.05, 0) is 31.0 Å². The van der Waals surface area contributed by atoms with Crippen molar-refractivity contribution in [3.63, 3.8) is 0 Å². The highest BCUT2D eigenvalue weighted by Gasteiger charge is 2.18. The summed E-state index contributed by atoms with van der Waals surface area (Å²) in [6, 6.07) is 5.24. The van der Waals surface area contributed by atoms with Gasteiger partial charge in [-0.2, -0.15) is 0 Å². The standard InChI is InChI=1S/C15H18N2O4/c1-3-4-8-12(13(16)18)17-14(19)10-6-5-7-11(9-10)15(20)21-2/h3,5-7,9,12H,1,4,8H2,2H3,(H2,16,18)(H,17,19)/t12-/m1/s1. The van der Waals surface area contributed by atoms with Crippen LogP contribution >= 0.6 is 0 Å². The number of allylic oxidation sites excluding steroid dienone is 1. The van der Waals surface area contributed by atoms with Crippen LogP contribution in [0.1, 0.15) is 33.6 Å². The molecular weight excluding hydrogens is 272 g/mol. The van der Waals surface area contributed by atoms with Crippen LogP contribution in [-0.4, -0.2) is 30.9 Å². The van der Waals surface area contributed by atoms with Crippen molar-refractivity contribution in [3.05, 3.63) is 48.0 Å². The van der Waals surface area contributed by atoms with Crippen molar-refractivity contribution in [2.24, 2.45) is 5.73 Å². The van der Waals surface area contributed by atoms with E-state index in [1.54, 1.807) is 12.1 Å². The molecule has 0 bridgehead atoms. The van der Waals surface area contributed by atoms with Gasteiger partial charge in [-0.3, -0.25) is 9.59 Å². The van der Waals surface area contributed by atoms with E-state index in [0.29, 0.717) is 12.8 Å². The number of carbonyl (C=O) groups excluding carboxylic acids is 3. The van der Waals surface area contributed by atoms with E-state index < -0.39 is 23.8 Å². The molecule has 0 fully saturated rings. The van der Waals surface area contributed by atoms with E-state index in [4.69, 9.17) is 5.73 Å². The largest absolute Gasteiger partial charge is 0.465 e. The minimum atomic E-state index is -0.780. The third-order valence-corrected chi connectivity index (χ3v) is 2.85. The molecule has 0 heterocycles. The lowest BCUT2D eigenvalue weighted by molar-refractivity contribution is -0.119. The topological polar surface area (TPSA) is 98.5 Å². The molecule has 0 aliphatic rings. The monoisotopic (exact) mass is 290 g/mol. The Kier molecular flexibility index (Phi) is 6.13. The molecule has 0 aliphatic heterocycles. The molecule has 0 radical (unpaired) electrons. The quantitative estimate of drug-likeness (QED) is 0.578. The lowest BCUT2D eigenvalue weighted by Crippen LogP contribution is -2.44. The number of hydrogen-bond donors (Lipinski definition) is 2. The van der Waals surface area contributed by atoms with Gasteiger partial charge in [0, 0.05) is 5.56 Å². The summed E-state index contributed by atoms with van der Waals surface area (Å²) in [5.41, 5.74) is 5.75. The SMILES string of the molecule is C=CCC[C@@H](NC(=O)c1cccc(C(=O)OC)c1)C(N)=O. The number of methoxy groups -OCH3 is 1. The molecule has 6 nitrogen and oxygen atoms in total. The first-order valence-corrected chi connectivity index (χ1v) is 6.39. The fourth-order valence-electron chi connectivity index (χ4n) is 1.72. The second-order valence-electron chi connectivity index (χ2n) is 4.37. The zero-order valence-electron chi connectivity index (χ0n) is 11.8. The number of esters is 1. The normalized spacial score (nSPS) is 11.3. The second-order valence-corrected chi connectivity index (χ2v) is 4.37. The van der Waals surface area contributed by atoms with Crippen LogP contribution in [0, 0.1) is 0 Å². The average molecular weight is 290 g/mol. The minimum absolute atomic E-state index is 0.253. The van der Waals surface area contributed by atoms with E-state index in [1.165, 1.54) is 25.3 Å². The van der Waals surface area contributed by atoms with Crippen molar-refractivity contribution >= 4 is 17.8 Å². The number of ether oxygens (including phenoxy) is 1. The van der Waals surface area contributed by atoms with Crippen molar-refractivity contribution in [1.29, 1.82) is 0 Å². The van der Waals surface area contributed by atoms with Gasteiger partial charge < -0.3 is 15.8 Å². The van der Waals surface area contributed by atoms with Gasteiger partial charge in [-0.25, -0.2) is 4.79 Å². The minimum Gasteiger partial charge on any atom is -0.465 e. The molecule has 0 saturated heterocycles. The van der Waals surface area contributed by atoms with Crippen molar-refractivity contribution in [2.75, 3.05) is 7.11 Å². The highest BCUT2D eigenvalue weighted by molar-refractivity contribution is 5.99. The lowest BCUT2D eigenvalue weighted by Gasteiger charge is -2.14. The van der Waals surface area contributed by atoms with Crippen LogP contribution in [0.5, 0.6) is 0 Å². The Morgan fingerprint density at radius 1 is 1.38 bits per heavy atom. The molecule has 2 amide bonds. The molecule has 6 heteroatoms. The van der Waals surface area contributed by atoms with Crippen molar-refractivity contribution in [3.8, 4) is 0 Å².